The third-order valence-corrected chi connectivity index (χ3v) is 4.85. The van der Waals surface area contributed by atoms with Crippen molar-refractivity contribution in [3.63, 3.8) is 0 Å². The molecule has 0 saturated carbocycles. The van der Waals surface area contributed by atoms with Crippen LogP contribution in [0.1, 0.15) is 24.6 Å². The molecule has 8 heteroatoms. The highest BCUT2D eigenvalue weighted by molar-refractivity contribution is 9.10. The summed E-state index contributed by atoms with van der Waals surface area (Å²) in [6.45, 7) is 4.82. The van der Waals surface area contributed by atoms with Crippen molar-refractivity contribution in [1.82, 2.24) is 19.6 Å². The van der Waals surface area contributed by atoms with Gasteiger partial charge in [0.05, 0.1) is 28.2 Å². The van der Waals surface area contributed by atoms with Crippen LogP contribution in [0.25, 0.3) is 0 Å². The third-order valence-electron chi connectivity index (χ3n) is 4.07. The van der Waals surface area contributed by atoms with Crippen molar-refractivity contribution in [2.45, 2.75) is 40.0 Å². The molecule has 27 heavy (non-hydrogen) atoms. The van der Waals surface area contributed by atoms with E-state index in [-0.39, 0.29) is 12.6 Å². The highest BCUT2D eigenvalue weighted by atomic mass is 79.9. The van der Waals surface area contributed by atoms with E-state index in [2.05, 4.69) is 38.4 Å². The fourth-order valence-electron chi connectivity index (χ4n) is 2.51. The summed E-state index contributed by atoms with van der Waals surface area (Å²) in [4.78, 5) is 12.1. The molecule has 0 aliphatic carbocycles. The Morgan fingerprint density at radius 1 is 1.22 bits per heavy atom. The van der Waals surface area contributed by atoms with Crippen LogP contribution in [-0.2, 0) is 24.5 Å². The Bertz CT molecular complexity index is 882. The highest BCUT2D eigenvalue weighted by Gasteiger charge is 2.07. The van der Waals surface area contributed by atoms with Gasteiger partial charge in [-0.3, -0.25) is 9.48 Å². The molecule has 0 aliphatic heterocycles. The Morgan fingerprint density at radius 2 is 2.00 bits per heavy atom. The van der Waals surface area contributed by atoms with Crippen LogP contribution < -0.4 is 10.1 Å². The van der Waals surface area contributed by atoms with Gasteiger partial charge in [0.2, 0.25) is 5.91 Å². The molecule has 0 aliphatic rings. The van der Waals surface area contributed by atoms with Gasteiger partial charge in [0.15, 0.2) is 6.73 Å². The normalized spacial score (nSPS) is 10.8. The number of aromatic nitrogens is 4. The summed E-state index contributed by atoms with van der Waals surface area (Å²) in [6.07, 6.45) is 6.55. The Balaban J connectivity index is 1.45. The zero-order valence-corrected chi connectivity index (χ0v) is 16.9. The van der Waals surface area contributed by atoms with Gasteiger partial charge >= 0.3 is 0 Å². The van der Waals surface area contributed by atoms with E-state index in [0.29, 0.717) is 18.7 Å². The average molecular weight is 432 g/mol. The number of nitrogens with one attached hydrogen (secondary N) is 1. The SMILES string of the molecule is CCc1ccc(OCn2cc(NC(=O)CCn3cc(Br)c(C)n3)cn2)cc1. The van der Waals surface area contributed by atoms with E-state index >= 15 is 0 Å². The van der Waals surface area contributed by atoms with Crippen molar-refractivity contribution in [1.29, 1.82) is 0 Å². The van der Waals surface area contributed by atoms with Crippen LogP contribution in [0.4, 0.5) is 5.69 Å². The van der Waals surface area contributed by atoms with E-state index in [4.69, 9.17) is 4.74 Å². The van der Waals surface area contributed by atoms with Crippen molar-refractivity contribution in [3.05, 3.63) is 58.6 Å². The number of hydrogen-bond donors (Lipinski definition) is 1. The van der Waals surface area contributed by atoms with E-state index in [1.807, 2.05) is 37.4 Å². The summed E-state index contributed by atoms with van der Waals surface area (Å²) in [6, 6.07) is 7.98. The Kier molecular flexibility index (Phi) is 6.28. The summed E-state index contributed by atoms with van der Waals surface area (Å²) < 4.78 is 10.0. The molecule has 0 spiro atoms. The Hall–Kier alpha value is -2.61. The van der Waals surface area contributed by atoms with E-state index in [9.17, 15) is 4.79 Å². The van der Waals surface area contributed by atoms with Gasteiger partial charge in [0.25, 0.3) is 0 Å². The number of rotatable bonds is 8. The van der Waals surface area contributed by atoms with Gasteiger partial charge in [-0.05, 0) is 47.0 Å². The number of ether oxygens (including phenoxy) is 1. The number of benzene rings is 1. The molecule has 1 amide bonds. The minimum Gasteiger partial charge on any atom is -0.471 e. The first-order valence-electron chi connectivity index (χ1n) is 8.77. The predicted molar refractivity (Wildman–Crippen MR) is 107 cm³/mol. The van der Waals surface area contributed by atoms with Gasteiger partial charge < -0.3 is 10.1 Å². The van der Waals surface area contributed by atoms with E-state index < -0.39 is 0 Å². The molecule has 7 nitrogen and oxygen atoms in total. The maximum atomic E-state index is 12.1. The molecular formula is C19H22BrN5O2. The van der Waals surface area contributed by atoms with E-state index in [0.717, 1.165) is 22.3 Å². The van der Waals surface area contributed by atoms with Gasteiger partial charge in [0, 0.05) is 19.2 Å². The van der Waals surface area contributed by atoms with Crippen LogP contribution in [0.15, 0.2) is 47.3 Å². The van der Waals surface area contributed by atoms with Crippen molar-refractivity contribution in [2.24, 2.45) is 0 Å². The molecule has 2 heterocycles. The van der Waals surface area contributed by atoms with Gasteiger partial charge in [-0.15, -0.1) is 0 Å². The number of aryl methyl sites for hydroxylation is 3. The average Bonchev–Trinajstić information content (AvgIpc) is 3.25. The maximum absolute atomic E-state index is 12.1. The topological polar surface area (TPSA) is 74.0 Å². The Morgan fingerprint density at radius 3 is 2.67 bits per heavy atom. The summed E-state index contributed by atoms with van der Waals surface area (Å²) in [5.41, 5.74) is 2.81. The Labute approximate surface area is 166 Å². The number of carbonyl (C=O) groups excluding carboxylic acids is 1. The number of anilines is 1. The number of halogens is 1. The molecule has 3 aromatic rings. The van der Waals surface area contributed by atoms with Crippen LogP contribution in [0.5, 0.6) is 5.75 Å². The second-order valence-corrected chi connectivity index (χ2v) is 7.02. The zero-order chi connectivity index (χ0) is 19.2. The molecule has 0 radical (unpaired) electrons. The van der Waals surface area contributed by atoms with Crippen molar-refractivity contribution >= 4 is 27.5 Å². The lowest BCUT2D eigenvalue weighted by Gasteiger charge is -2.06. The monoisotopic (exact) mass is 431 g/mol. The fourth-order valence-corrected chi connectivity index (χ4v) is 2.82. The van der Waals surface area contributed by atoms with Crippen LogP contribution in [0.3, 0.4) is 0 Å². The van der Waals surface area contributed by atoms with Crippen molar-refractivity contribution in [3.8, 4) is 5.75 Å². The molecule has 0 bridgehead atoms. The molecule has 0 fully saturated rings. The summed E-state index contributed by atoms with van der Waals surface area (Å²) in [5, 5.41) is 11.4. The molecule has 1 aromatic carbocycles. The standard InChI is InChI=1S/C19H22BrN5O2/c1-3-15-4-6-17(7-5-15)27-13-25-11-16(10-21-25)22-19(26)8-9-24-12-18(20)14(2)23-24/h4-7,10-12H,3,8-9,13H2,1-2H3,(H,22,26). The smallest absolute Gasteiger partial charge is 0.226 e. The van der Waals surface area contributed by atoms with E-state index in [1.54, 1.807) is 21.8 Å². The quantitative estimate of drug-likeness (QED) is 0.588. The van der Waals surface area contributed by atoms with Gasteiger partial charge in [-0.1, -0.05) is 19.1 Å². The second kappa shape index (κ2) is 8.85. The second-order valence-electron chi connectivity index (χ2n) is 6.16. The summed E-state index contributed by atoms with van der Waals surface area (Å²) in [7, 11) is 0. The van der Waals surface area contributed by atoms with Crippen LogP contribution in [0, 0.1) is 6.92 Å². The van der Waals surface area contributed by atoms with Crippen LogP contribution >= 0.6 is 15.9 Å². The first kappa shape index (κ1) is 19.2. The number of carbonyl (C=O) groups is 1. The highest BCUT2D eigenvalue weighted by Crippen LogP contribution is 2.15. The maximum Gasteiger partial charge on any atom is 0.226 e. The number of nitrogens with zero attached hydrogens (tertiary/aromatic N) is 4. The first-order chi connectivity index (χ1) is 13.0. The first-order valence-corrected chi connectivity index (χ1v) is 9.56. The minimum absolute atomic E-state index is 0.0881. The van der Waals surface area contributed by atoms with Crippen LogP contribution in [-0.4, -0.2) is 25.5 Å². The zero-order valence-electron chi connectivity index (χ0n) is 15.4. The molecule has 1 N–H and O–H groups in total. The lowest BCUT2D eigenvalue weighted by molar-refractivity contribution is -0.116. The van der Waals surface area contributed by atoms with Crippen molar-refractivity contribution in [2.75, 3.05) is 5.32 Å². The lowest BCUT2D eigenvalue weighted by atomic mass is 10.2. The summed E-state index contributed by atoms with van der Waals surface area (Å²) >= 11 is 3.41. The molecule has 2 aromatic heterocycles. The van der Waals surface area contributed by atoms with Gasteiger partial charge in [-0.2, -0.15) is 10.2 Å². The molecule has 0 unspecified atom stereocenters. The van der Waals surface area contributed by atoms with Crippen LogP contribution in [0.2, 0.25) is 0 Å². The molecule has 3 rings (SSSR count). The summed E-state index contributed by atoms with van der Waals surface area (Å²) in [5.74, 6) is 0.698. The van der Waals surface area contributed by atoms with Crippen molar-refractivity contribution < 1.29 is 9.53 Å². The third kappa shape index (κ3) is 5.43. The van der Waals surface area contributed by atoms with Gasteiger partial charge in [-0.25, -0.2) is 4.68 Å². The molecule has 142 valence electrons. The largest absolute Gasteiger partial charge is 0.471 e. The molecule has 0 saturated heterocycles. The molecular weight excluding hydrogens is 410 g/mol. The van der Waals surface area contributed by atoms with E-state index in [1.165, 1.54) is 5.56 Å². The van der Waals surface area contributed by atoms with Gasteiger partial charge in [0.1, 0.15) is 5.75 Å². The number of amides is 1. The minimum atomic E-state index is -0.0881. The number of hydrogen-bond acceptors (Lipinski definition) is 4. The lowest BCUT2D eigenvalue weighted by Crippen LogP contribution is -2.14. The predicted octanol–water partition coefficient (Wildman–Crippen LogP) is 3.78. The fraction of sp³-hybridized carbons (Fsp3) is 0.316. The molecule has 0 atom stereocenters.